The molecule has 1 aliphatic rings. The second-order valence-electron chi connectivity index (χ2n) is 4.15. The van der Waals surface area contributed by atoms with Gasteiger partial charge in [0.15, 0.2) is 5.17 Å². The lowest BCUT2D eigenvalue weighted by molar-refractivity contribution is 0.340. The van der Waals surface area contributed by atoms with Crippen LogP contribution >= 0.6 is 11.8 Å². The maximum atomic E-state index is 5.47. The van der Waals surface area contributed by atoms with Gasteiger partial charge in [0.1, 0.15) is 5.75 Å². The van der Waals surface area contributed by atoms with Crippen LogP contribution in [0.5, 0.6) is 5.75 Å². The number of aliphatic imine (C=N–C) groups is 1. The number of ether oxygens (including phenoxy) is 1. The van der Waals surface area contributed by atoms with Crippen LogP contribution in [0.15, 0.2) is 29.3 Å². The number of benzene rings is 1. The van der Waals surface area contributed by atoms with E-state index in [1.165, 1.54) is 0 Å². The minimum Gasteiger partial charge on any atom is -0.494 e. The fourth-order valence-corrected chi connectivity index (χ4v) is 2.49. The van der Waals surface area contributed by atoms with Gasteiger partial charge in [-0.25, -0.2) is 0 Å². The maximum Gasteiger partial charge on any atom is 0.161 e. The van der Waals surface area contributed by atoms with Crippen molar-refractivity contribution < 1.29 is 4.74 Å². The van der Waals surface area contributed by atoms with Crippen LogP contribution in [0, 0.1) is 5.92 Å². The summed E-state index contributed by atoms with van der Waals surface area (Å²) in [6.45, 7) is 5.82. The topological polar surface area (TPSA) is 33.6 Å². The summed E-state index contributed by atoms with van der Waals surface area (Å²) in [6, 6.07) is 7.99. The number of amidine groups is 1. The molecule has 1 heterocycles. The summed E-state index contributed by atoms with van der Waals surface area (Å²) in [4.78, 5) is 4.51. The Hall–Kier alpha value is -1.16. The summed E-state index contributed by atoms with van der Waals surface area (Å²) < 4.78 is 5.47. The molecule has 0 amide bonds. The number of nitrogens with zero attached hydrogens (tertiary/aromatic N) is 1. The van der Waals surface area contributed by atoms with Crippen LogP contribution < -0.4 is 10.1 Å². The molecular weight excluding hydrogens is 232 g/mol. The predicted octanol–water partition coefficient (Wildman–Crippen LogP) is 3.24. The SMILES string of the molecule is CCOc1cccc(NC2=NCC(C)CS2)c1. The Bertz CT molecular complexity index is 406. The summed E-state index contributed by atoms with van der Waals surface area (Å²) in [7, 11) is 0. The molecule has 1 aliphatic heterocycles. The van der Waals surface area contributed by atoms with E-state index in [0.29, 0.717) is 12.5 Å². The number of hydrogen-bond acceptors (Lipinski definition) is 4. The van der Waals surface area contributed by atoms with Crippen LogP contribution in [-0.2, 0) is 0 Å². The van der Waals surface area contributed by atoms with Crippen LogP contribution in [-0.4, -0.2) is 24.1 Å². The van der Waals surface area contributed by atoms with E-state index in [1.807, 2.05) is 31.2 Å². The molecule has 0 saturated heterocycles. The molecule has 0 aromatic heterocycles. The fourth-order valence-electron chi connectivity index (χ4n) is 1.59. The van der Waals surface area contributed by atoms with Crippen LogP contribution in [0.1, 0.15) is 13.8 Å². The van der Waals surface area contributed by atoms with Crippen molar-refractivity contribution in [1.29, 1.82) is 0 Å². The highest BCUT2D eigenvalue weighted by atomic mass is 32.2. The summed E-state index contributed by atoms with van der Waals surface area (Å²) in [5.74, 6) is 2.71. The molecule has 0 aliphatic carbocycles. The molecule has 17 heavy (non-hydrogen) atoms. The molecule has 1 aromatic carbocycles. The molecule has 2 rings (SSSR count). The van der Waals surface area contributed by atoms with E-state index in [0.717, 1.165) is 28.9 Å². The molecule has 1 atom stereocenters. The van der Waals surface area contributed by atoms with Crippen molar-refractivity contribution in [3.63, 3.8) is 0 Å². The standard InChI is InChI=1S/C13H18N2OS/c1-3-16-12-6-4-5-11(7-12)15-13-14-8-10(2)9-17-13/h4-7,10H,3,8-9H2,1-2H3,(H,14,15). The van der Waals surface area contributed by atoms with Gasteiger partial charge < -0.3 is 10.1 Å². The third-order valence-corrected chi connectivity index (χ3v) is 3.69. The van der Waals surface area contributed by atoms with Gasteiger partial charge in [-0.05, 0) is 25.0 Å². The van der Waals surface area contributed by atoms with Crippen molar-refractivity contribution in [1.82, 2.24) is 0 Å². The lowest BCUT2D eigenvalue weighted by atomic mass is 10.2. The Kier molecular flexibility index (Phi) is 4.31. The molecule has 0 spiro atoms. The van der Waals surface area contributed by atoms with Crippen LogP contribution in [0.25, 0.3) is 0 Å². The highest BCUT2D eigenvalue weighted by molar-refractivity contribution is 8.14. The lowest BCUT2D eigenvalue weighted by Crippen LogP contribution is -2.18. The van der Waals surface area contributed by atoms with E-state index in [4.69, 9.17) is 4.74 Å². The van der Waals surface area contributed by atoms with E-state index < -0.39 is 0 Å². The minimum atomic E-state index is 0.681. The largest absolute Gasteiger partial charge is 0.494 e. The summed E-state index contributed by atoms with van der Waals surface area (Å²) in [5, 5.41) is 4.34. The van der Waals surface area contributed by atoms with Crippen molar-refractivity contribution in [2.24, 2.45) is 10.9 Å². The van der Waals surface area contributed by atoms with E-state index in [9.17, 15) is 0 Å². The quantitative estimate of drug-likeness (QED) is 0.894. The van der Waals surface area contributed by atoms with E-state index in [2.05, 4.69) is 17.2 Å². The van der Waals surface area contributed by atoms with Gasteiger partial charge in [-0.15, -0.1) is 0 Å². The highest BCUT2D eigenvalue weighted by Gasteiger charge is 2.12. The van der Waals surface area contributed by atoms with Crippen LogP contribution in [0.4, 0.5) is 5.69 Å². The Labute approximate surface area is 107 Å². The molecule has 92 valence electrons. The number of thioether (sulfide) groups is 1. The molecular formula is C13H18N2OS. The van der Waals surface area contributed by atoms with Gasteiger partial charge in [0.25, 0.3) is 0 Å². The Morgan fingerprint density at radius 1 is 1.53 bits per heavy atom. The monoisotopic (exact) mass is 250 g/mol. The van der Waals surface area contributed by atoms with Gasteiger partial charge in [-0.2, -0.15) is 0 Å². The van der Waals surface area contributed by atoms with Crippen molar-refractivity contribution in [3.05, 3.63) is 24.3 Å². The van der Waals surface area contributed by atoms with Gasteiger partial charge in [-0.1, -0.05) is 24.8 Å². The molecule has 0 saturated carbocycles. The second kappa shape index (κ2) is 5.96. The second-order valence-corrected chi connectivity index (χ2v) is 5.16. The molecule has 1 N–H and O–H groups in total. The zero-order valence-electron chi connectivity index (χ0n) is 10.3. The van der Waals surface area contributed by atoms with Crippen LogP contribution in [0.3, 0.4) is 0 Å². The van der Waals surface area contributed by atoms with Crippen molar-refractivity contribution in [2.75, 3.05) is 24.2 Å². The van der Waals surface area contributed by atoms with Crippen LogP contribution in [0.2, 0.25) is 0 Å². The first kappa shape index (κ1) is 12.3. The molecule has 4 heteroatoms. The van der Waals surface area contributed by atoms with Gasteiger partial charge in [0, 0.05) is 24.1 Å². The average Bonchev–Trinajstić information content (AvgIpc) is 2.33. The first-order chi connectivity index (χ1) is 8.28. The summed E-state index contributed by atoms with van der Waals surface area (Å²) >= 11 is 1.78. The van der Waals surface area contributed by atoms with E-state index >= 15 is 0 Å². The molecule has 1 aromatic rings. The van der Waals surface area contributed by atoms with Gasteiger partial charge in [-0.3, -0.25) is 4.99 Å². The molecule has 1 unspecified atom stereocenters. The van der Waals surface area contributed by atoms with E-state index in [-0.39, 0.29) is 0 Å². The van der Waals surface area contributed by atoms with Gasteiger partial charge in [0.2, 0.25) is 0 Å². The van der Waals surface area contributed by atoms with Crippen molar-refractivity contribution >= 4 is 22.6 Å². The fraction of sp³-hybridized carbons (Fsp3) is 0.462. The summed E-state index contributed by atoms with van der Waals surface area (Å²) in [5.41, 5.74) is 1.04. The Balaban J connectivity index is 2.00. The minimum absolute atomic E-state index is 0.681. The lowest BCUT2D eigenvalue weighted by Gasteiger charge is -2.18. The first-order valence-electron chi connectivity index (χ1n) is 5.95. The highest BCUT2D eigenvalue weighted by Crippen LogP contribution is 2.22. The average molecular weight is 250 g/mol. The molecule has 3 nitrogen and oxygen atoms in total. The number of nitrogens with one attached hydrogen (secondary N) is 1. The smallest absolute Gasteiger partial charge is 0.161 e. The van der Waals surface area contributed by atoms with Crippen molar-refractivity contribution in [3.8, 4) is 5.75 Å². The zero-order chi connectivity index (χ0) is 12.1. The first-order valence-corrected chi connectivity index (χ1v) is 6.93. The zero-order valence-corrected chi connectivity index (χ0v) is 11.1. The number of rotatable bonds is 3. The Morgan fingerprint density at radius 2 is 2.41 bits per heavy atom. The van der Waals surface area contributed by atoms with Gasteiger partial charge in [0.05, 0.1) is 6.61 Å². The van der Waals surface area contributed by atoms with Crippen molar-refractivity contribution in [2.45, 2.75) is 13.8 Å². The molecule has 0 bridgehead atoms. The number of anilines is 1. The molecule has 0 fully saturated rings. The molecule has 0 radical (unpaired) electrons. The maximum absolute atomic E-state index is 5.47. The van der Waals surface area contributed by atoms with E-state index in [1.54, 1.807) is 11.8 Å². The predicted molar refractivity (Wildman–Crippen MR) is 75.2 cm³/mol. The Morgan fingerprint density at radius 3 is 3.12 bits per heavy atom. The normalized spacial score (nSPS) is 19.6. The third kappa shape index (κ3) is 3.66. The summed E-state index contributed by atoms with van der Waals surface area (Å²) in [6.07, 6.45) is 0. The van der Waals surface area contributed by atoms with Gasteiger partial charge >= 0.3 is 0 Å². The number of hydrogen-bond donors (Lipinski definition) is 1. The third-order valence-electron chi connectivity index (χ3n) is 2.45.